The molecular weight excluding hydrogens is 200 g/mol. The van der Waals surface area contributed by atoms with Crippen molar-refractivity contribution >= 4 is 18.0 Å². The lowest BCUT2D eigenvalue weighted by molar-refractivity contribution is -0.104. The maximum Gasteiger partial charge on any atom is 0.142 e. The topological polar surface area (TPSA) is 32.3 Å². The fourth-order valence-corrected chi connectivity index (χ4v) is 1.41. The Morgan fingerprint density at radius 2 is 1.94 bits per heavy atom. The van der Waals surface area contributed by atoms with E-state index in [4.69, 9.17) is 0 Å². The van der Waals surface area contributed by atoms with E-state index in [-0.39, 0.29) is 0 Å². The molecule has 0 atom stereocenters. The summed E-state index contributed by atoms with van der Waals surface area (Å²) in [5.41, 5.74) is 5.14. The van der Waals surface area contributed by atoms with Crippen molar-refractivity contribution in [2.24, 2.45) is 0 Å². The van der Waals surface area contributed by atoms with Crippen LogP contribution in [0.15, 0.2) is 54.9 Å². The molecule has 2 rings (SSSR count). The van der Waals surface area contributed by atoms with Crippen molar-refractivity contribution in [1.82, 2.24) is 5.43 Å². The van der Waals surface area contributed by atoms with Gasteiger partial charge in [0.15, 0.2) is 0 Å². The molecule has 0 radical (unpaired) electrons. The van der Waals surface area contributed by atoms with Crippen LogP contribution in [0.3, 0.4) is 0 Å². The molecule has 0 unspecified atom stereocenters. The van der Waals surface area contributed by atoms with E-state index in [1.165, 1.54) is 6.08 Å². The second kappa shape index (κ2) is 4.98. The first kappa shape index (κ1) is 10.2. The molecule has 3 heteroatoms. The predicted molar refractivity (Wildman–Crippen MR) is 65.4 cm³/mol. The number of hydrogen-bond donors (Lipinski definition) is 1. The second-order valence-corrected chi connectivity index (χ2v) is 3.29. The second-order valence-electron chi connectivity index (χ2n) is 3.29. The number of nitrogens with one attached hydrogen (secondary N) is 1. The summed E-state index contributed by atoms with van der Waals surface area (Å²) >= 11 is 0. The molecular formula is C13H12N2O. The number of allylic oxidation sites excluding steroid dienone is 3. The zero-order chi connectivity index (χ0) is 11.2. The third-order valence-corrected chi connectivity index (χ3v) is 2.19. The van der Waals surface area contributed by atoms with Gasteiger partial charge in [0.05, 0.1) is 5.69 Å². The van der Waals surface area contributed by atoms with Crippen LogP contribution in [-0.4, -0.2) is 6.29 Å². The van der Waals surface area contributed by atoms with Crippen molar-refractivity contribution in [2.75, 3.05) is 5.01 Å². The molecule has 0 saturated heterocycles. The van der Waals surface area contributed by atoms with Gasteiger partial charge in [0.2, 0.25) is 0 Å². The first-order valence-corrected chi connectivity index (χ1v) is 5.01. The van der Waals surface area contributed by atoms with E-state index in [9.17, 15) is 4.79 Å². The Kier molecular flexibility index (Phi) is 3.18. The summed E-state index contributed by atoms with van der Waals surface area (Å²) in [6, 6.07) is 7.90. The monoisotopic (exact) mass is 212 g/mol. The number of carbonyl (C=O) groups excluding carboxylic acids is 1. The predicted octanol–water partition coefficient (Wildman–Crippen LogP) is 2.25. The molecule has 1 N–H and O–H groups in total. The van der Waals surface area contributed by atoms with E-state index >= 15 is 0 Å². The summed E-state index contributed by atoms with van der Waals surface area (Å²) in [6.07, 6.45) is 11.7. The molecule has 80 valence electrons. The quantitative estimate of drug-likeness (QED) is 0.616. The minimum absolute atomic E-state index is 0.771. The molecule has 16 heavy (non-hydrogen) atoms. The molecule has 1 heterocycles. The summed E-state index contributed by atoms with van der Waals surface area (Å²) in [4.78, 5) is 10.2. The normalized spacial score (nSPS) is 14.1. The molecule has 3 nitrogen and oxygen atoms in total. The number of benzene rings is 1. The van der Waals surface area contributed by atoms with Gasteiger partial charge in [-0.3, -0.25) is 9.80 Å². The van der Waals surface area contributed by atoms with Gasteiger partial charge >= 0.3 is 0 Å². The van der Waals surface area contributed by atoms with Crippen LogP contribution in [0.2, 0.25) is 0 Å². The lowest BCUT2D eigenvalue weighted by Gasteiger charge is -2.22. The number of hydrazine groups is 1. The lowest BCUT2D eigenvalue weighted by atomic mass is 10.2. The van der Waals surface area contributed by atoms with Crippen molar-refractivity contribution in [1.29, 1.82) is 0 Å². The first-order valence-electron chi connectivity index (χ1n) is 5.01. The zero-order valence-electron chi connectivity index (χ0n) is 8.71. The largest absolute Gasteiger partial charge is 0.302 e. The number of carbonyl (C=O) groups is 1. The van der Waals surface area contributed by atoms with Crippen LogP contribution < -0.4 is 10.4 Å². The van der Waals surface area contributed by atoms with Gasteiger partial charge in [-0.2, -0.15) is 0 Å². The van der Waals surface area contributed by atoms with Gasteiger partial charge in [-0.25, -0.2) is 0 Å². The van der Waals surface area contributed by atoms with Gasteiger partial charge < -0.3 is 5.43 Å². The van der Waals surface area contributed by atoms with Gasteiger partial charge in [-0.1, -0.05) is 18.2 Å². The van der Waals surface area contributed by atoms with Crippen LogP contribution in [-0.2, 0) is 4.79 Å². The number of anilines is 1. The Labute approximate surface area is 94.4 Å². The Morgan fingerprint density at radius 1 is 1.12 bits per heavy atom. The van der Waals surface area contributed by atoms with E-state index in [2.05, 4.69) is 5.43 Å². The zero-order valence-corrected chi connectivity index (χ0v) is 8.71. The third kappa shape index (κ3) is 2.39. The minimum Gasteiger partial charge on any atom is -0.302 e. The standard InChI is InChI=1S/C13H12N2O/c16-11-3-4-12-5-7-13(8-6-12)15-10-2-1-9-14-15/h1-11,14H. The fourth-order valence-electron chi connectivity index (χ4n) is 1.41. The maximum absolute atomic E-state index is 10.2. The molecule has 0 saturated carbocycles. The summed E-state index contributed by atoms with van der Waals surface area (Å²) in [6.45, 7) is 0. The molecule has 0 spiro atoms. The Morgan fingerprint density at radius 3 is 2.56 bits per heavy atom. The molecule has 0 fully saturated rings. The van der Waals surface area contributed by atoms with E-state index < -0.39 is 0 Å². The van der Waals surface area contributed by atoms with Gasteiger partial charge in [-0.05, 0) is 35.9 Å². The summed E-state index contributed by atoms with van der Waals surface area (Å²) in [5, 5.41) is 1.91. The smallest absolute Gasteiger partial charge is 0.142 e. The van der Waals surface area contributed by atoms with Crippen LogP contribution in [0, 0.1) is 0 Å². The van der Waals surface area contributed by atoms with Crippen LogP contribution in [0.5, 0.6) is 0 Å². The van der Waals surface area contributed by atoms with Gasteiger partial charge in [0.1, 0.15) is 6.29 Å². The highest BCUT2D eigenvalue weighted by Crippen LogP contribution is 2.15. The Hall–Kier alpha value is -2.29. The van der Waals surface area contributed by atoms with E-state index in [0.29, 0.717) is 0 Å². The van der Waals surface area contributed by atoms with Gasteiger partial charge in [-0.15, -0.1) is 0 Å². The average Bonchev–Trinajstić information content (AvgIpc) is 2.38. The SMILES string of the molecule is O=CC=Cc1ccc(N2C=CC=CN2)cc1. The number of hydrogen-bond acceptors (Lipinski definition) is 3. The minimum atomic E-state index is 0.771. The van der Waals surface area contributed by atoms with Crippen molar-refractivity contribution in [3.8, 4) is 0 Å². The Balaban J connectivity index is 2.12. The summed E-state index contributed by atoms with van der Waals surface area (Å²) < 4.78 is 0. The molecule has 0 amide bonds. The van der Waals surface area contributed by atoms with Crippen LogP contribution >= 0.6 is 0 Å². The van der Waals surface area contributed by atoms with Crippen molar-refractivity contribution in [3.05, 3.63) is 60.5 Å². The number of rotatable bonds is 3. The highest BCUT2D eigenvalue weighted by atomic mass is 16.1. The third-order valence-electron chi connectivity index (χ3n) is 2.19. The van der Waals surface area contributed by atoms with E-state index in [1.54, 1.807) is 6.08 Å². The van der Waals surface area contributed by atoms with E-state index in [1.807, 2.05) is 53.8 Å². The van der Waals surface area contributed by atoms with Crippen LogP contribution in [0.4, 0.5) is 5.69 Å². The van der Waals surface area contributed by atoms with E-state index in [0.717, 1.165) is 17.5 Å². The van der Waals surface area contributed by atoms with Crippen LogP contribution in [0.25, 0.3) is 6.08 Å². The summed E-state index contributed by atoms with van der Waals surface area (Å²) in [5.74, 6) is 0. The van der Waals surface area contributed by atoms with Gasteiger partial charge in [0.25, 0.3) is 0 Å². The summed E-state index contributed by atoms with van der Waals surface area (Å²) in [7, 11) is 0. The highest BCUT2D eigenvalue weighted by molar-refractivity contribution is 5.74. The average molecular weight is 212 g/mol. The fraction of sp³-hybridized carbons (Fsp3) is 0. The van der Waals surface area contributed by atoms with Crippen molar-refractivity contribution < 1.29 is 4.79 Å². The van der Waals surface area contributed by atoms with Crippen molar-refractivity contribution in [2.45, 2.75) is 0 Å². The number of aldehydes is 1. The van der Waals surface area contributed by atoms with Crippen molar-refractivity contribution in [3.63, 3.8) is 0 Å². The molecule has 0 aliphatic carbocycles. The van der Waals surface area contributed by atoms with Gasteiger partial charge in [0, 0.05) is 12.4 Å². The highest BCUT2D eigenvalue weighted by Gasteiger charge is 2.01. The molecule has 1 aromatic carbocycles. The molecule has 0 aromatic heterocycles. The molecule has 1 aliphatic rings. The Bertz CT molecular complexity index is 444. The first-order chi connectivity index (χ1) is 7.90. The molecule has 1 aliphatic heterocycles. The lowest BCUT2D eigenvalue weighted by Crippen LogP contribution is -2.29. The molecule has 1 aromatic rings. The maximum atomic E-state index is 10.2. The van der Waals surface area contributed by atoms with Crippen LogP contribution in [0.1, 0.15) is 5.56 Å². The number of nitrogens with zero attached hydrogens (tertiary/aromatic N) is 1. The molecule has 0 bridgehead atoms.